The highest BCUT2D eigenvalue weighted by molar-refractivity contribution is 6.44. The second-order valence-corrected chi connectivity index (χ2v) is 6.62. The molecule has 3 rings (SSSR count). The molecule has 26 heavy (non-hydrogen) atoms. The minimum atomic E-state index is -0.601. The van der Waals surface area contributed by atoms with Gasteiger partial charge in [-0.15, -0.1) is 0 Å². The molecule has 3 aromatic rings. The molecule has 0 saturated carbocycles. The molecule has 2 heterocycles. The molecule has 1 N–H and O–H groups in total. The highest BCUT2D eigenvalue weighted by Crippen LogP contribution is 2.29. The molecule has 0 aliphatic rings. The Kier molecular flexibility index (Phi) is 4.83. The number of halogens is 3. The molecule has 1 aromatic carbocycles. The molecule has 0 fully saturated rings. The van der Waals surface area contributed by atoms with E-state index in [0.717, 1.165) is 4.57 Å². The van der Waals surface area contributed by atoms with E-state index in [1.54, 1.807) is 18.2 Å². The van der Waals surface area contributed by atoms with Gasteiger partial charge >= 0.3 is 5.69 Å². The van der Waals surface area contributed by atoms with Crippen molar-refractivity contribution in [2.45, 2.75) is 6.54 Å². The van der Waals surface area contributed by atoms with Crippen molar-refractivity contribution in [3.8, 4) is 0 Å². The molecule has 0 bridgehead atoms. The van der Waals surface area contributed by atoms with Crippen LogP contribution in [0.2, 0.25) is 15.3 Å². The van der Waals surface area contributed by atoms with Crippen molar-refractivity contribution in [3.05, 3.63) is 54.4 Å². The van der Waals surface area contributed by atoms with Crippen LogP contribution in [0.15, 0.2) is 27.8 Å². The summed E-state index contributed by atoms with van der Waals surface area (Å²) in [4.78, 5) is 40.8. The first kappa shape index (κ1) is 18.5. The van der Waals surface area contributed by atoms with E-state index in [4.69, 9.17) is 34.8 Å². The lowest BCUT2D eigenvalue weighted by Gasteiger charge is -2.10. The van der Waals surface area contributed by atoms with Crippen molar-refractivity contribution in [1.82, 2.24) is 18.7 Å². The SMILES string of the molecule is Cn1c(=O)c2c(nc(Cl)n2CC(=O)Nc2cccc(Cl)c2Cl)n(C)c1=O. The van der Waals surface area contributed by atoms with Crippen LogP contribution >= 0.6 is 34.8 Å². The van der Waals surface area contributed by atoms with Gasteiger partial charge in [0, 0.05) is 14.1 Å². The molecule has 0 unspecified atom stereocenters. The number of rotatable bonds is 3. The standard InChI is InChI=1S/C15H12Cl3N5O3/c1-21-12-11(13(25)22(2)15(21)26)23(14(18)20-12)6-9(24)19-8-5-3-4-7(16)10(8)17/h3-5H,6H2,1-2H3,(H,19,24). The summed E-state index contributed by atoms with van der Waals surface area (Å²) < 4.78 is 3.33. The molecule has 0 atom stereocenters. The number of imidazole rings is 1. The molecule has 0 aliphatic carbocycles. The van der Waals surface area contributed by atoms with E-state index in [2.05, 4.69) is 10.3 Å². The summed E-state index contributed by atoms with van der Waals surface area (Å²) in [5.41, 5.74) is -0.677. The molecule has 0 saturated heterocycles. The Morgan fingerprint density at radius 1 is 1.15 bits per heavy atom. The van der Waals surface area contributed by atoms with Gasteiger partial charge in [0.25, 0.3) is 5.56 Å². The van der Waals surface area contributed by atoms with E-state index >= 15 is 0 Å². The molecule has 0 spiro atoms. The second kappa shape index (κ2) is 6.79. The number of carbonyl (C=O) groups is 1. The predicted molar refractivity (Wildman–Crippen MR) is 100 cm³/mol. The number of carbonyl (C=O) groups excluding carboxylic acids is 1. The fourth-order valence-corrected chi connectivity index (χ4v) is 3.07. The zero-order valence-corrected chi connectivity index (χ0v) is 15.9. The lowest BCUT2D eigenvalue weighted by Crippen LogP contribution is -2.37. The fourth-order valence-electron chi connectivity index (χ4n) is 2.50. The minimum Gasteiger partial charge on any atom is -0.323 e. The van der Waals surface area contributed by atoms with E-state index in [9.17, 15) is 14.4 Å². The zero-order chi connectivity index (χ0) is 19.2. The Balaban J connectivity index is 2.03. The third-order valence-electron chi connectivity index (χ3n) is 3.83. The maximum atomic E-state index is 12.4. The number of nitrogens with zero attached hydrogens (tertiary/aromatic N) is 4. The lowest BCUT2D eigenvalue weighted by atomic mass is 10.3. The van der Waals surface area contributed by atoms with Gasteiger partial charge in [0.2, 0.25) is 11.2 Å². The van der Waals surface area contributed by atoms with Crippen molar-refractivity contribution in [2.75, 3.05) is 5.32 Å². The molecule has 11 heteroatoms. The first-order chi connectivity index (χ1) is 12.2. The summed E-state index contributed by atoms with van der Waals surface area (Å²) in [5, 5.41) is 3.00. The number of hydrogen-bond donors (Lipinski definition) is 1. The van der Waals surface area contributed by atoms with Crippen LogP contribution in [0.1, 0.15) is 0 Å². The normalized spacial score (nSPS) is 11.1. The molecule has 1 amide bonds. The van der Waals surface area contributed by atoms with Crippen LogP contribution in [0.3, 0.4) is 0 Å². The summed E-state index contributed by atoms with van der Waals surface area (Å²) in [6, 6.07) is 4.81. The number of amides is 1. The van der Waals surface area contributed by atoms with E-state index in [1.807, 2.05) is 0 Å². The molecule has 0 aliphatic heterocycles. The smallest absolute Gasteiger partial charge is 0.323 e. The summed E-state index contributed by atoms with van der Waals surface area (Å²) in [6.07, 6.45) is 0. The van der Waals surface area contributed by atoms with E-state index in [0.29, 0.717) is 10.7 Å². The second-order valence-electron chi connectivity index (χ2n) is 5.49. The van der Waals surface area contributed by atoms with Gasteiger partial charge in [-0.1, -0.05) is 29.3 Å². The first-order valence-corrected chi connectivity index (χ1v) is 8.41. The largest absolute Gasteiger partial charge is 0.332 e. The Bertz CT molecular complexity index is 1160. The van der Waals surface area contributed by atoms with E-state index in [1.165, 1.54) is 23.2 Å². The van der Waals surface area contributed by atoms with Crippen LogP contribution in [0, 0.1) is 0 Å². The van der Waals surface area contributed by atoms with Crippen LogP contribution in [0.5, 0.6) is 0 Å². The molecule has 2 aromatic heterocycles. The van der Waals surface area contributed by atoms with Gasteiger partial charge in [-0.3, -0.25) is 23.3 Å². The number of aromatic nitrogens is 4. The lowest BCUT2D eigenvalue weighted by molar-refractivity contribution is -0.116. The number of nitrogens with one attached hydrogen (secondary N) is 1. The minimum absolute atomic E-state index is 0.0481. The van der Waals surface area contributed by atoms with Crippen LogP contribution in [-0.4, -0.2) is 24.6 Å². The highest BCUT2D eigenvalue weighted by atomic mass is 35.5. The van der Waals surface area contributed by atoms with Gasteiger partial charge in [-0.25, -0.2) is 4.79 Å². The van der Waals surface area contributed by atoms with Gasteiger partial charge in [0.05, 0.1) is 15.7 Å². The Labute approximate surface area is 161 Å². The topological polar surface area (TPSA) is 90.9 Å². The molecular formula is C15H12Cl3N5O3. The average molecular weight is 417 g/mol. The van der Waals surface area contributed by atoms with Gasteiger partial charge in [0.1, 0.15) is 6.54 Å². The van der Waals surface area contributed by atoms with Crippen molar-refractivity contribution in [3.63, 3.8) is 0 Å². The van der Waals surface area contributed by atoms with Gasteiger partial charge < -0.3 is 5.32 Å². The van der Waals surface area contributed by atoms with Crippen LogP contribution in [-0.2, 0) is 25.4 Å². The monoisotopic (exact) mass is 415 g/mol. The average Bonchev–Trinajstić information content (AvgIpc) is 2.92. The van der Waals surface area contributed by atoms with Gasteiger partial charge in [-0.2, -0.15) is 4.98 Å². The maximum absolute atomic E-state index is 12.4. The molecule has 136 valence electrons. The molecular weight excluding hydrogens is 405 g/mol. The van der Waals surface area contributed by atoms with Crippen molar-refractivity contribution >= 4 is 57.6 Å². The Hall–Kier alpha value is -2.29. The number of aryl methyl sites for hydroxylation is 1. The summed E-state index contributed by atoms with van der Waals surface area (Å²) in [6.45, 7) is -0.300. The Morgan fingerprint density at radius 2 is 1.85 bits per heavy atom. The van der Waals surface area contributed by atoms with Gasteiger partial charge in [-0.05, 0) is 23.7 Å². The third-order valence-corrected chi connectivity index (χ3v) is 4.94. The predicted octanol–water partition coefficient (Wildman–Crippen LogP) is 2.03. The molecule has 0 radical (unpaired) electrons. The van der Waals surface area contributed by atoms with Crippen molar-refractivity contribution in [1.29, 1.82) is 0 Å². The number of anilines is 1. The quantitative estimate of drug-likeness (QED) is 0.662. The zero-order valence-electron chi connectivity index (χ0n) is 13.6. The van der Waals surface area contributed by atoms with E-state index in [-0.39, 0.29) is 28.0 Å². The molecule has 8 nitrogen and oxygen atoms in total. The van der Waals surface area contributed by atoms with Crippen molar-refractivity contribution in [2.24, 2.45) is 14.1 Å². The summed E-state index contributed by atoms with van der Waals surface area (Å²) >= 11 is 18.0. The van der Waals surface area contributed by atoms with Crippen LogP contribution in [0.4, 0.5) is 5.69 Å². The first-order valence-electron chi connectivity index (χ1n) is 7.28. The maximum Gasteiger partial charge on any atom is 0.332 e. The number of hydrogen-bond acceptors (Lipinski definition) is 4. The Morgan fingerprint density at radius 3 is 2.54 bits per heavy atom. The van der Waals surface area contributed by atoms with Crippen molar-refractivity contribution < 1.29 is 4.79 Å². The summed E-state index contributed by atoms with van der Waals surface area (Å²) in [5.74, 6) is -0.494. The number of fused-ring (bicyclic) bond motifs is 1. The van der Waals surface area contributed by atoms with Crippen LogP contribution in [0.25, 0.3) is 11.2 Å². The third kappa shape index (κ3) is 3.00. The van der Waals surface area contributed by atoms with E-state index < -0.39 is 17.2 Å². The highest BCUT2D eigenvalue weighted by Gasteiger charge is 2.20. The van der Waals surface area contributed by atoms with Crippen LogP contribution < -0.4 is 16.6 Å². The number of benzene rings is 1. The fraction of sp³-hybridized carbons (Fsp3) is 0.200. The van der Waals surface area contributed by atoms with Gasteiger partial charge in [0.15, 0.2) is 11.2 Å². The summed E-state index contributed by atoms with van der Waals surface area (Å²) in [7, 11) is 2.80.